The van der Waals surface area contributed by atoms with Gasteiger partial charge >= 0.3 is 0 Å². The van der Waals surface area contributed by atoms with E-state index >= 15 is 0 Å². The van der Waals surface area contributed by atoms with Crippen LogP contribution < -0.4 is 5.32 Å². The van der Waals surface area contributed by atoms with Gasteiger partial charge < -0.3 is 5.32 Å². The van der Waals surface area contributed by atoms with Crippen molar-refractivity contribution in [3.8, 4) is 33.6 Å². The summed E-state index contributed by atoms with van der Waals surface area (Å²) in [6.07, 6.45) is 11.3. The highest BCUT2D eigenvalue weighted by Crippen LogP contribution is 2.40. The molecule has 0 fully saturated rings. The first kappa shape index (κ1) is 20.3. The maximum absolute atomic E-state index is 4.93. The van der Waals surface area contributed by atoms with Gasteiger partial charge in [0.25, 0.3) is 0 Å². The zero-order valence-corrected chi connectivity index (χ0v) is 19.4. The lowest BCUT2D eigenvalue weighted by Crippen LogP contribution is -2.08. The van der Waals surface area contributed by atoms with Crippen molar-refractivity contribution in [3.63, 3.8) is 0 Å². The van der Waals surface area contributed by atoms with Crippen LogP contribution in [-0.4, -0.2) is 39.3 Å². The van der Waals surface area contributed by atoms with E-state index in [-0.39, 0.29) is 0 Å². The summed E-state index contributed by atoms with van der Waals surface area (Å²) < 4.78 is 5.66. The molecular weight excluding hydrogens is 426 g/mol. The van der Waals surface area contributed by atoms with E-state index < -0.39 is 0 Å². The second-order valence-electron chi connectivity index (χ2n) is 8.55. The van der Waals surface area contributed by atoms with Crippen LogP contribution in [0.5, 0.6) is 0 Å². The largest absolute Gasteiger partial charge is 0.321 e. The molecule has 0 atom stereocenters. The Labute approximate surface area is 197 Å². The maximum Gasteiger partial charge on any atom is 0.227 e. The highest BCUT2D eigenvalue weighted by molar-refractivity contribution is 5.85. The molecule has 0 spiro atoms. The van der Waals surface area contributed by atoms with Crippen molar-refractivity contribution >= 4 is 11.6 Å². The van der Waals surface area contributed by atoms with Crippen LogP contribution in [0.2, 0.25) is 0 Å². The first-order chi connectivity index (χ1) is 16.6. The lowest BCUT2D eigenvalue weighted by Gasteiger charge is -2.17. The Balaban J connectivity index is 1.39. The zero-order chi connectivity index (χ0) is 23.2. The number of anilines is 2. The minimum absolute atomic E-state index is 0.559. The van der Waals surface area contributed by atoms with Crippen LogP contribution in [0.3, 0.4) is 0 Å². The number of benzene rings is 1. The summed E-state index contributed by atoms with van der Waals surface area (Å²) in [5, 5.41) is 16.7. The SMILES string of the molecule is CCn1cc(Nc2ncc3c(n2)-c2c(nn(C)c2-c2ccc(-c4cnn(C)c4)cc2)CC3)cn1. The molecule has 0 aliphatic heterocycles. The lowest BCUT2D eigenvalue weighted by molar-refractivity contribution is 0.660. The molecule has 9 heteroatoms. The molecule has 0 bridgehead atoms. The summed E-state index contributed by atoms with van der Waals surface area (Å²) in [6, 6.07) is 8.56. The molecule has 1 aliphatic carbocycles. The van der Waals surface area contributed by atoms with E-state index in [4.69, 9.17) is 10.1 Å². The summed E-state index contributed by atoms with van der Waals surface area (Å²) in [5.41, 5.74) is 9.53. The average molecular weight is 452 g/mol. The van der Waals surface area contributed by atoms with Crippen molar-refractivity contribution in [2.24, 2.45) is 14.1 Å². The summed E-state index contributed by atoms with van der Waals surface area (Å²) in [4.78, 5) is 9.49. The third-order valence-corrected chi connectivity index (χ3v) is 6.26. The molecule has 0 saturated heterocycles. The molecule has 0 radical (unpaired) electrons. The molecule has 9 nitrogen and oxygen atoms in total. The molecule has 0 unspecified atom stereocenters. The van der Waals surface area contributed by atoms with Crippen LogP contribution in [0, 0.1) is 0 Å². The average Bonchev–Trinajstić information content (AvgIpc) is 3.57. The Morgan fingerprint density at radius 2 is 1.74 bits per heavy atom. The van der Waals surface area contributed by atoms with E-state index in [9.17, 15) is 0 Å². The normalized spacial score (nSPS) is 12.4. The zero-order valence-electron chi connectivity index (χ0n) is 19.4. The van der Waals surface area contributed by atoms with Crippen molar-refractivity contribution in [1.82, 2.24) is 39.3 Å². The Hall–Kier alpha value is -4.27. The topological polar surface area (TPSA) is 91.3 Å². The molecule has 170 valence electrons. The first-order valence-electron chi connectivity index (χ1n) is 11.4. The van der Waals surface area contributed by atoms with E-state index in [0.717, 1.165) is 70.0 Å². The second kappa shape index (κ2) is 7.95. The summed E-state index contributed by atoms with van der Waals surface area (Å²) in [6.45, 7) is 2.87. The Morgan fingerprint density at radius 3 is 2.47 bits per heavy atom. The number of aromatic nitrogens is 8. The van der Waals surface area contributed by atoms with E-state index in [0.29, 0.717) is 5.95 Å². The predicted molar refractivity (Wildman–Crippen MR) is 130 cm³/mol. The monoisotopic (exact) mass is 451 g/mol. The smallest absolute Gasteiger partial charge is 0.227 e. The number of aryl methyl sites for hydroxylation is 5. The predicted octanol–water partition coefficient (Wildman–Crippen LogP) is 4.00. The van der Waals surface area contributed by atoms with Gasteiger partial charge in [0, 0.05) is 55.9 Å². The van der Waals surface area contributed by atoms with Gasteiger partial charge in [-0.25, -0.2) is 9.97 Å². The minimum atomic E-state index is 0.559. The number of nitrogens with zero attached hydrogens (tertiary/aromatic N) is 8. The van der Waals surface area contributed by atoms with Crippen LogP contribution >= 0.6 is 0 Å². The van der Waals surface area contributed by atoms with Crippen molar-refractivity contribution < 1.29 is 0 Å². The van der Waals surface area contributed by atoms with Crippen LogP contribution in [-0.2, 0) is 33.5 Å². The van der Waals surface area contributed by atoms with Crippen molar-refractivity contribution in [2.45, 2.75) is 26.3 Å². The molecule has 1 aliphatic rings. The molecule has 5 aromatic rings. The van der Waals surface area contributed by atoms with E-state index in [1.807, 2.05) is 52.9 Å². The quantitative estimate of drug-likeness (QED) is 0.434. The Bertz CT molecular complexity index is 1490. The number of hydrogen-bond acceptors (Lipinski definition) is 6. The molecule has 34 heavy (non-hydrogen) atoms. The van der Waals surface area contributed by atoms with Gasteiger partial charge in [0.2, 0.25) is 5.95 Å². The third-order valence-electron chi connectivity index (χ3n) is 6.26. The Kier molecular flexibility index (Phi) is 4.75. The molecule has 4 heterocycles. The van der Waals surface area contributed by atoms with Gasteiger partial charge in [0.15, 0.2) is 0 Å². The molecule has 6 rings (SSSR count). The summed E-state index contributed by atoms with van der Waals surface area (Å²) in [7, 11) is 3.93. The van der Waals surface area contributed by atoms with Gasteiger partial charge in [0.1, 0.15) is 0 Å². The van der Waals surface area contributed by atoms with E-state index in [1.54, 1.807) is 6.20 Å². The van der Waals surface area contributed by atoms with Gasteiger partial charge in [-0.2, -0.15) is 15.3 Å². The van der Waals surface area contributed by atoms with Crippen molar-refractivity contribution in [1.29, 1.82) is 0 Å². The van der Waals surface area contributed by atoms with Crippen LogP contribution in [0.15, 0.2) is 55.2 Å². The number of fused-ring (bicyclic) bond motifs is 3. The van der Waals surface area contributed by atoms with Crippen LogP contribution in [0.4, 0.5) is 11.6 Å². The number of hydrogen-bond donors (Lipinski definition) is 1. The molecule has 1 aromatic carbocycles. The number of rotatable bonds is 5. The van der Waals surface area contributed by atoms with Crippen molar-refractivity contribution in [2.75, 3.05) is 5.32 Å². The molecule has 1 N–H and O–H groups in total. The molecule has 0 saturated carbocycles. The molecule has 0 amide bonds. The molecular formula is C25H25N9. The highest BCUT2D eigenvalue weighted by atomic mass is 15.3. The second-order valence-corrected chi connectivity index (χ2v) is 8.55. The van der Waals surface area contributed by atoms with Gasteiger partial charge in [-0.1, -0.05) is 24.3 Å². The highest BCUT2D eigenvalue weighted by Gasteiger charge is 2.27. The van der Waals surface area contributed by atoms with Crippen LogP contribution in [0.1, 0.15) is 18.2 Å². The summed E-state index contributed by atoms with van der Waals surface area (Å²) >= 11 is 0. The van der Waals surface area contributed by atoms with Gasteiger partial charge in [-0.15, -0.1) is 0 Å². The maximum atomic E-state index is 4.93. The third kappa shape index (κ3) is 3.45. The van der Waals surface area contributed by atoms with Crippen molar-refractivity contribution in [3.05, 3.63) is 66.5 Å². The van der Waals surface area contributed by atoms with Gasteiger partial charge in [0.05, 0.1) is 35.2 Å². The first-order valence-corrected chi connectivity index (χ1v) is 11.4. The van der Waals surface area contributed by atoms with E-state index in [2.05, 4.69) is 51.7 Å². The summed E-state index contributed by atoms with van der Waals surface area (Å²) in [5.74, 6) is 0.559. The fourth-order valence-electron chi connectivity index (χ4n) is 4.58. The standard InChI is InChI=1S/C25H25N9/c1-4-34-15-20(13-28-34)29-25-26-11-18-9-10-21-22(23(18)30-25)24(33(3)31-21)17-7-5-16(6-8-17)19-12-27-32(2)14-19/h5-8,11-15H,4,9-10H2,1-3H3,(H,26,29,30). The van der Waals surface area contributed by atoms with E-state index in [1.165, 1.54) is 0 Å². The fourth-order valence-corrected chi connectivity index (χ4v) is 4.58. The molecule has 4 aromatic heterocycles. The Morgan fingerprint density at radius 1 is 0.912 bits per heavy atom. The number of nitrogens with one attached hydrogen (secondary N) is 1. The minimum Gasteiger partial charge on any atom is -0.321 e. The van der Waals surface area contributed by atoms with Gasteiger partial charge in [-0.05, 0) is 30.9 Å². The fraction of sp³-hybridized carbons (Fsp3) is 0.240. The van der Waals surface area contributed by atoms with Crippen LogP contribution in [0.25, 0.3) is 33.6 Å². The lowest BCUT2D eigenvalue weighted by atomic mass is 9.91. The van der Waals surface area contributed by atoms with Gasteiger partial charge in [-0.3, -0.25) is 14.0 Å².